The van der Waals surface area contributed by atoms with Crippen molar-refractivity contribution in [3.63, 3.8) is 0 Å². The first-order valence-electron chi connectivity index (χ1n) is 6.79. The number of halogens is 2. The monoisotopic (exact) mass is 322 g/mol. The first-order valence-corrected chi connectivity index (χ1v) is 7.70. The lowest BCUT2D eigenvalue weighted by Crippen LogP contribution is -2.07. The maximum Gasteiger partial charge on any atom is 0.111 e. The smallest absolute Gasteiger partial charge is 0.111 e. The van der Waals surface area contributed by atoms with Crippen LogP contribution in [0.5, 0.6) is 0 Å². The summed E-state index contributed by atoms with van der Waals surface area (Å²) >= 11 is 12.3. The Labute approximate surface area is 133 Å². The number of aromatic nitrogens is 4. The summed E-state index contributed by atoms with van der Waals surface area (Å²) < 4.78 is 4.02. The number of hydrogen-bond donors (Lipinski definition) is 0. The minimum Gasteiger partial charge on any atom is -0.322 e. The van der Waals surface area contributed by atoms with Crippen LogP contribution in [0.25, 0.3) is 11.0 Å². The van der Waals surface area contributed by atoms with Gasteiger partial charge in [0.1, 0.15) is 5.82 Å². The van der Waals surface area contributed by atoms with Crippen LogP contribution in [0, 0.1) is 6.92 Å². The van der Waals surface area contributed by atoms with Crippen LogP contribution in [0.4, 0.5) is 0 Å². The van der Waals surface area contributed by atoms with Gasteiger partial charge < -0.3 is 4.57 Å². The largest absolute Gasteiger partial charge is 0.322 e. The van der Waals surface area contributed by atoms with E-state index in [0.29, 0.717) is 23.9 Å². The molecule has 110 valence electrons. The lowest BCUT2D eigenvalue weighted by molar-refractivity contribution is 0.724. The summed E-state index contributed by atoms with van der Waals surface area (Å²) in [5.74, 6) is 1.49. The highest BCUT2D eigenvalue weighted by molar-refractivity contribution is 6.35. The molecule has 2 aromatic heterocycles. The van der Waals surface area contributed by atoms with Gasteiger partial charge in [-0.2, -0.15) is 5.10 Å². The normalized spacial score (nSPS) is 11.4. The highest BCUT2D eigenvalue weighted by Crippen LogP contribution is 2.26. The van der Waals surface area contributed by atoms with Crippen molar-refractivity contribution in [2.75, 3.05) is 5.88 Å². The highest BCUT2D eigenvalue weighted by Gasteiger charge is 2.15. The van der Waals surface area contributed by atoms with Crippen molar-refractivity contribution in [3.05, 3.63) is 46.5 Å². The minimum absolute atomic E-state index is 0.535. The zero-order valence-corrected chi connectivity index (χ0v) is 13.5. The van der Waals surface area contributed by atoms with Crippen LogP contribution in [0.3, 0.4) is 0 Å². The number of aryl methyl sites for hydroxylation is 2. The third kappa shape index (κ3) is 2.54. The molecule has 3 aromatic rings. The average molecular weight is 323 g/mol. The van der Waals surface area contributed by atoms with E-state index in [4.69, 9.17) is 23.2 Å². The molecule has 0 fully saturated rings. The maximum absolute atomic E-state index is 6.37. The molecule has 6 heteroatoms. The van der Waals surface area contributed by atoms with Gasteiger partial charge in [-0.3, -0.25) is 4.68 Å². The Morgan fingerprint density at radius 1 is 1.29 bits per heavy atom. The molecule has 0 radical (unpaired) electrons. The lowest BCUT2D eigenvalue weighted by Gasteiger charge is -2.09. The van der Waals surface area contributed by atoms with Gasteiger partial charge in [0.05, 0.1) is 28.8 Å². The maximum atomic E-state index is 6.37. The number of imidazole rings is 1. The van der Waals surface area contributed by atoms with E-state index in [1.54, 1.807) is 0 Å². The van der Waals surface area contributed by atoms with Gasteiger partial charge in [-0.05, 0) is 19.1 Å². The molecule has 0 saturated heterocycles. The Hall–Kier alpha value is -1.52. The predicted molar refractivity (Wildman–Crippen MR) is 86.2 cm³/mol. The fourth-order valence-electron chi connectivity index (χ4n) is 2.51. The van der Waals surface area contributed by atoms with Gasteiger partial charge >= 0.3 is 0 Å². The third-order valence-electron chi connectivity index (χ3n) is 3.78. The van der Waals surface area contributed by atoms with E-state index in [2.05, 4.69) is 21.6 Å². The fraction of sp³-hybridized carbons (Fsp3) is 0.333. The van der Waals surface area contributed by atoms with E-state index in [1.165, 1.54) is 0 Å². The second-order valence-electron chi connectivity index (χ2n) is 5.04. The first-order chi connectivity index (χ1) is 10.1. The molecular weight excluding hydrogens is 307 g/mol. The Kier molecular flexibility index (Phi) is 3.91. The van der Waals surface area contributed by atoms with Crippen LogP contribution in [0.15, 0.2) is 24.4 Å². The van der Waals surface area contributed by atoms with Crippen LogP contribution in [0.1, 0.15) is 17.1 Å². The minimum atomic E-state index is 0.535. The van der Waals surface area contributed by atoms with E-state index >= 15 is 0 Å². The van der Waals surface area contributed by atoms with Crippen molar-refractivity contribution in [3.8, 4) is 0 Å². The summed E-state index contributed by atoms with van der Waals surface area (Å²) in [6, 6.07) is 5.79. The Morgan fingerprint density at radius 2 is 2.10 bits per heavy atom. The number of alkyl halides is 1. The zero-order valence-electron chi connectivity index (χ0n) is 12.0. The van der Waals surface area contributed by atoms with Gasteiger partial charge in [0, 0.05) is 30.6 Å². The Balaban J connectivity index is 2.15. The van der Waals surface area contributed by atoms with Crippen molar-refractivity contribution in [2.24, 2.45) is 7.05 Å². The summed E-state index contributed by atoms with van der Waals surface area (Å²) in [5.41, 5.74) is 4.17. The topological polar surface area (TPSA) is 35.6 Å². The van der Waals surface area contributed by atoms with Crippen LogP contribution >= 0.6 is 23.2 Å². The van der Waals surface area contributed by atoms with Gasteiger partial charge in [-0.25, -0.2) is 4.98 Å². The Bertz CT molecular complexity index is 788. The summed E-state index contributed by atoms with van der Waals surface area (Å²) in [6.45, 7) is 2.76. The second kappa shape index (κ2) is 5.70. The quantitative estimate of drug-likeness (QED) is 0.688. The third-order valence-corrected chi connectivity index (χ3v) is 4.27. The van der Waals surface area contributed by atoms with Crippen molar-refractivity contribution in [2.45, 2.75) is 19.9 Å². The summed E-state index contributed by atoms with van der Waals surface area (Å²) in [6.07, 6.45) is 2.61. The molecule has 0 spiro atoms. The SMILES string of the molecule is Cc1c(Cn2c(CCCl)nc3cccc(Cl)c32)cnn1C. The molecule has 0 aliphatic carbocycles. The summed E-state index contributed by atoms with van der Waals surface area (Å²) in [4.78, 5) is 4.66. The van der Waals surface area contributed by atoms with E-state index in [0.717, 1.165) is 28.1 Å². The molecule has 4 nitrogen and oxygen atoms in total. The van der Waals surface area contributed by atoms with Crippen LogP contribution in [-0.2, 0) is 20.0 Å². The standard InChI is InChI=1S/C15H16Cl2N4/c1-10-11(8-18-20(10)2)9-21-14(6-7-16)19-13-5-3-4-12(17)15(13)21/h3-5,8H,6-7,9H2,1-2H3. The van der Waals surface area contributed by atoms with Crippen LogP contribution in [-0.4, -0.2) is 25.2 Å². The van der Waals surface area contributed by atoms with E-state index in [-0.39, 0.29) is 0 Å². The predicted octanol–water partition coefficient (Wildman–Crippen LogP) is 3.56. The second-order valence-corrected chi connectivity index (χ2v) is 5.82. The number of hydrogen-bond acceptors (Lipinski definition) is 2. The molecule has 0 unspecified atom stereocenters. The molecule has 0 atom stereocenters. The summed E-state index contributed by atoms with van der Waals surface area (Å²) in [7, 11) is 1.94. The molecular formula is C15H16Cl2N4. The molecule has 21 heavy (non-hydrogen) atoms. The fourth-order valence-corrected chi connectivity index (χ4v) is 2.95. The average Bonchev–Trinajstić information content (AvgIpc) is 2.96. The number of rotatable bonds is 4. The van der Waals surface area contributed by atoms with Gasteiger partial charge in [0.15, 0.2) is 0 Å². The van der Waals surface area contributed by atoms with E-state index in [1.807, 2.05) is 36.1 Å². The van der Waals surface area contributed by atoms with E-state index < -0.39 is 0 Å². The molecule has 0 saturated carbocycles. The molecule has 0 aliphatic rings. The first kappa shape index (κ1) is 14.4. The van der Waals surface area contributed by atoms with Crippen LogP contribution < -0.4 is 0 Å². The number of benzene rings is 1. The van der Waals surface area contributed by atoms with Crippen molar-refractivity contribution in [1.82, 2.24) is 19.3 Å². The highest BCUT2D eigenvalue weighted by atomic mass is 35.5. The number of para-hydroxylation sites is 1. The molecule has 0 bridgehead atoms. The van der Waals surface area contributed by atoms with Crippen LogP contribution in [0.2, 0.25) is 5.02 Å². The molecule has 0 aliphatic heterocycles. The van der Waals surface area contributed by atoms with E-state index in [9.17, 15) is 0 Å². The van der Waals surface area contributed by atoms with Crippen molar-refractivity contribution < 1.29 is 0 Å². The molecule has 2 heterocycles. The molecule has 3 rings (SSSR count). The molecule has 1 aromatic carbocycles. The summed E-state index contributed by atoms with van der Waals surface area (Å²) in [5, 5.41) is 5.01. The molecule has 0 amide bonds. The molecule has 0 N–H and O–H groups in total. The van der Waals surface area contributed by atoms with Crippen molar-refractivity contribution in [1.29, 1.82) is 0 Å². The lowest BCUT2D eigenvalue weighted by atomic mass is 10.2. The number of nitrogens with zero attached hydrogens (tertiary/aromatic N) is 4. The van der Waals surface area contributed by atoms with Crippen molar-refractivity contribution >= 4 is 34.2 Å². The van der Waals surface area contributed by atoms with Gasteiger partial charge in [-0.1, -0.05) is 17.7 Å². The zero-order chi connectivity index (χ0) is 15.0. The van der Waals surface area contributed by atoms with Gasteiger partial charge in [0.25, 0.3) is 0 Å². The number of fused-ring (bicyclic) bond motifs is 1. The van der Waals surface area contributed by atoms with Gasteiger partial charge in [-0.15, -0.1) is 11.6 Å². The van der Waals surface area contributed by atoms with Gasteiger partial charge in [0.2, 0.25) is 0 Å². The Morgan fingerprint density at radius 3 is 2.76 bits per heavy atom.